The van der Waals surface area contributed by atoms with E-state index in [1.54, 1.807) is 36.7 Å². The summed E-state index contributed by atoms with van der Waals surface area (Å²) in [6.45, 7) is 0. The number of thiophene rings is 2. The largest absolute Gasteiger partial charge is 0.380 e. The van der Waals surface area contributed by atoms with Crippen molar-refractivity contribution in [2.75, 3.05) is 12.4 Å². The summed E-state index contributed by atoms with van der Waals surface area (Å²) in [6, 6.07) is 6.76. The zero-order chi connectivity index (χ0) is 10.9. The van der Waals surface area contributed by atoms with Gasteiger partial charge in [-0.25, -0.2) is 8.42 Å². The molecule has 2 aromatic heterocycles. The Balaban J connectivity index is 2.47. The molecular weight excluding hydrogens is 250 g/mol. The van der Waals surface area contributed by atoms with Gasteiger partial charge in [-0.15, -0.1) is 22.7 Å². The molecule has 3 nitrogen and oxygen atoms in total. The molecule has 1 N–H and O–H groups in total. The Morgan fingerprint density at radius 1 is 1.20 bits per heavy atom. The highest BCUT2D eigenvalue weighted by Crippen LogP contribution is 2.32. The van der Waals surface area contributed by atoms with Crippen LogP contribution in [0, 0.1) is 0 Å². The summed E-state index contributed by atoms with van der Waals surface area (Å²) in [7, 11) is -1.52. The van der Waals surface area contributed by atoms with E-state index >= 15 is 0 Å². The highest BCUT2D eigenvalue weighted by molar-refractivity contribution is 7.95. The lowest BCUT2D eigenvalue weighted by Crippen LogP contribution is -1.95. The van der Waals surface area contributed by atoms with E-state index in [9.17, 15) is 8.42 Å². The molecule has 2 aromatic rings. The Hall–Kier alpha value is -0.850. The monoisotopic (exact) mass is 259 g/mol. The standard InChI is InChI=1S/C9H9NO2S3/c1-10-7-4-5-9(14-7)15(11,12)8-3-2-6-13-8/h2-6,10H,1H3. The number of sulfone groups is 1. The normalized spacial score (nSPS) is 11.5. The van der Waals surface area contributed by atoms with Crippen LogP contribution in [0.5, 0.6) is 0 Å². The summed E-state index contributed by atoms with van der Waals surface area (Å²) in [6.07, 6.45) is 0. The third kappa shape index (κ3) is 1.92. The van der Waals surface area contributed by atoms with Crippen molar-refractivity contribution in [1.29, 1.82) is 0 Å². The second-order valence-corrected chi connectivity index (χ2v) is 7.24. The van der Waals surface area contributed by atoms with Crippen LogP contribution in [-0.4, -0.2) is 15.5 Å². The van der Waals surface area contributed by atoms with E-state index in [1.807, 2.05) is 0 Å². The summed E-state index contributed by atoms with van der Waals surface area (Å²) in [5, 5.41) is 5.54. The molecule has 0 saturated heterocycles. The van der Waals surface area contributed by atoms with Crippen LogP contribution >= 0.6 is 22.7 Å². The Bertz CT molecular complexity index is 540. The van der Waals surface area contributed by atoms with E-state index in [0.717, 1.165) is 5.00 Å². The first kappa shape index (κ1) is 10.7. The van der Waals surface area contributed by atoms with E-state index in [2.05, 4.69) is 5.32 Å². The lowest BCUT2D eigenvalue weighted by Gasteiger charge is -1.96. The number of rotatable bonds is 3. The van der Waals surface area contributed by atoms with Gasteiger partial charge in [-0.2, -0.15) is 0 Å². The first-order valence-corrected chi connectivity index (χ1v) is 7.38. The molecule has 15 heavy (non-hydrogen) atoms. The molecule has 80 valence electrons. The maximum Gasteiger partial charge on any atom is 0.225 e. The fourth-order valence-electron chi connectivity index (χ4n) is 1.11. The molecule has 2 heterocycles. The quantitative estimate of drug-likeness (QED) is 0.922. The fraction of sp³-hybridized carbons (Fsp3) is 0.111. The van der Waals surface area contributed by atoms with Gasteiger partial charge >= 0.3 is 0 Å². The molecule has 0 atom stereocenters. The first-order chi connectivity index (χ1) is 7.14. The van der Waals surface area contributed by atoms with Crippen LogP contribution in [0.25, 0.3) is 0 Å². The fourth-order valence-corrected chi connectivity index (χ4v) is 4.94. The van der Waals surface area contributed by atoms with Gasteiger partial charge in [0.15, 0.2) is 0 Å². The highest BCUT2D eigenvalue weighted by atomic mass is 32.3. The van der Waals surface area contributed by atoms with Gasteiger partial charge in [-0.05, 0) is 23.6 Å². The number of nitrogens with one attached hydrogen (secondary N) is 1. The first-order valence-electron chi connectivity index (χ1n) is 4.21. The van der Waals surface area contributed by atoms with Gasteiger partial charge in [0.25, 0.3) is 0 Å². The molecule has 0 unspecified atom stereocenters. The van der Waals surface area contributed by atoms with Crippen LogP contribution < -0.4 is 5.32 Å². The maximum absolute atomic E-state index is 12.0. The second kappa shape index (κ2) is 3.96. The van der Waals surface area contributed by atoms with Crippen LogP contribution in [0.1, 0.15) is 0 Å². The number of anilines is 1. The molecule has 0 spiro atoms. The molecule has 0 aliphatic rings. The number of hydrogen-bond donors (Lipinski definition) is 1. The summed E-state index contributed by atoms with van der Waals surface area (Å²) < 4.78 is 24.8. The Labute approximate surface area is 96.3 Å². The lowest BCUT2D eigenvalue weighted by molar-refractivity contribution is 0.600. The van der Waals surface area contributed by atoms with Crippen molar-refractivity contribution in [2.45, 2.75) is 8.42 Å². The average molecular weight is 259 g/mol. The van der Waals surface area contributed by atoms with Crippen molar-refractivity contribution in [3.63, 3.8) is 0 Å². The van der Waals surface area contributed by atoms with Crippen molar-refractivity contribution in [1.82, 2.24) is 0 Å². The van der Waals surface area contributed by atoms with Crippen molar-refractivity contribution < 1.29 is 8.42 Å². The molecule has 6 heteroatoms. The van der Waals surface area contributed by atoms with Gasteiger partial charge in [0.05, 0.1) is 5.00 Å². The van der Waals surface area contributed by atoms with E-state index in [-0.39, 0.29) is 0 Å². The lowest BCUT2D eigenvalue weighted by atomic mass is 10.6. The number of hydrogen-bond acceptors (Lipinski definition) is 5. The SMILES string of the molecule is CNc1ccc(S(=O)(=O)c2cccs2)s1. The van der Waals surface area contributed by atoms with Crippen LogP contribution in [0.3, 0.4) is 0 Å². The maximum atomic E-state index is 12.0. The van der Waals surface area contributed by atoms with Crippen molar-refractivity contribution >= 4 is 37.5 Å². The van der Waals surface area contributed by atoms with Crippen LogP contribution in [-0.2, 0) is 9.84 Å². The molecule has 0 aliphatic heterocycles. The summed E-state index contributed by atoms with van der Waals surface area (Å²) in [4.78, 5) is 0. The average Bonchev–Trinajstić information content (AvgIpc) is 2.89. The van der Waals surface area contributed by atoms with E-state index in [4.69, 9.17) is 0 Å². The summed E-state index contributed by atoms with van der Waals surface area (Å²) >= 11 is 2.49. The van der Waals surface area contributed by atoms with Crippen molar-refractivity contribution in [2.24, 2.45) is 0 Å². The van der Waals surface area contributed by atoms with Gasteiger partial charge in [0.2, 0.25) is 9.84 Å². The Morgan fingerprint density at radius 3 is 2.53 bits per heavy atom. The van der Waals surface area contributed by atoms with Crippen LogP contribution in [0.2, 0.25) is 0 Å². The minimum absolute atomic E-state index is 0.384. The van der Waals surface area contributed by atoms with Crippen molar-refractivity contribution in [3.8, 4) is 0 Å². The van der Waals surface area contributed by atoms with Crippen LogP contribution in [0.4, 0.5) is 5.00 Å². The van der Waals surface area contributed by atoms with Gasteiger partial charge in [0, 0.05) is 7.05 Å². The molecule has 0 fully saturated rings. The molecular formula is C9H9NO2S3. The van der Waals surface area contributed by atoms with Gasteiger partial charge < -0.3 is 5.32 Å². The molecule has 0 radical (unpaired) electrons. The topological polar surface area (TPSA) is 46.2 Å². The van der Waals surface area contributed by atoms with E-state index < -0.39 is 9.84 Å². The minimum atomic E-state index is -3.29. The van der Waals surface area contributed by atoms with E-state index in [1.165, 1.54) is 22.7 Å². The van der Waals surface area contributed by atoms with Gasteiger partial charge in [-0.3, -0.25) is 0 Å². The predicted octanol–water partition coefficient (Wildman–Crippen LogP) is 2.68. The third-order valence-corrected chi connectivity index (χ3v) is 6.60. The molecule has 0 aliphatic carbocycles. The summed E-state index contributed by atoms with van der Waals surface area (Å²) in [5.74, 6) is 0. The Kier molecular flexibility index (Phi) is 2.81. The molecule has 0 amide bonds. The zero-order valence-corrected chi connectivity index (χ0v) is 10.4. The van der Waals surface area contributed by atoms with Gasteiger partial charge in [0.1, 0.15) is 8.42 Å². The second-order valence-electron chi connectivity index (χ2n) is 2.80. The van der Waals surface area contributed by atoms with Gasteiger partial charge in [-0.1, -0.05) is 6.07 Å². The summed E-state index contributed by atoms with van der Waals surface area (Å²) in [5.41, 5.74) is 0. The van der Waals surface area contributed by atoms with E-state index in [0.29, 0.717) is 8.42 Å². The third-order valence-electron chi connectivity index (χ3n) is 1.85. The Morgan fingerprint density at radius 2 is 2.00 bits per heavy atom. The zero-order valence-electron chi connectivity index (χ0n) is 7.93. The minimum Gasteiger partial charge on any atom is -0.380 e. The molecule has 0 bridgehead atoms. The molecule has 0 saturated carbocycles. The van der Waals surface area contributed by atoms with Crippen LogP contribution in [0.15, 0.2) is 38.1 Å². The predicted molar refractivity (Wildman–Crippen MR) is 63.6 cm³/mol. The molecule has 2 rings (SSSR count). The van der Waals surface area contributed by atoms with Crippen molar-refractivity contribution in [3.05, 3.63) is 29.6 Å². The highest BCUT2D eigenvalue weighted by Gasteiger charge is 2.20. The smallest absolute Gasteiger partial charge is 0.225 e. The molecule has 0 aromatic carbocycles.